The van der Waals surface area contributed by atoms with Crippen LogP contribution in [0.15, 0.2) is 103 Å². The minimum Gasteiger partial charge on any atom is -0.485 e. The third-order valence-electron chi connectivity index (χ3n) is 6.37. The molecule has 6 heteroatoms. The Morgan fingerprint density at radius 1 is 0.722 bits per heavy atom. The fourth-order valence-corrected chi connectivity index (χ4v) is 4.33. The number of esters is 1. The number of carbonyl (C=O) groups excluding carboxylic acids is 1. The summed E-state index contributed by atoms with van der Waals surface area (Å²) in [5, 5.41) is 0. The van der Waals surface area contributed by atoms with E-state index in [1.54, 1.807) is 0 Å². The number of nitrogens with one attached hydrogen (secondary N) is 1. The maximum Gasteiger partial charge on any atom is 0.332 e. The van der Waals surface area contributed by atoms with E-state index < -0.39 is 11.5 Å². The molecule has 3 N–H and O–H groups in total. The number of benzene rings is 4. The lowest BCUT2D eigenvalue weighted by Crippen LogP contribution is -2.60. The van der Waals surface area contributed by atoms with Gasteiger partial charge in [0.1, 0.15) is 19.8 Å². The summed E-state index contributed by atoms with van der Waals surface area (Å²) in [6.07, 6.45) is 0.396. The van der Waals surface area contributed by atoms with E-state index in [0.29, 0.717) is 31.1 Å². The average molecular weight is 481 g/mol. The van der Waals surface area contributed by atoms with Crippen LogP contribution in [0.25, 0.3) is 0 Å². The molecule has 36 heavy (non-hydrogen) atoms. The second kappa shape index (κ2) is 10.6. The number of rotatable bonds is 10. The number of hydrogen-bond acceptors (Lipinski definition) is 6. The van der Waals surface area contributed by atoms with Crippen molar-refractivity contribution in [3.05, 3.63) is 131 Å². The summed E-state index contributed by atoms with van der Waals surface area (Å²) in [7, 11) is 0. The second-order valence-corrected chi connectivity index (χ2v) is 8.79. The van der Waals surface area contributed by atoms with Crippen LogP contribution in [0.5, 0.6) is 11.5 Å². The fraction of sp³-hybridized carbons (Fsp3) is 0.167. The molecule has 0 bridgehead atoms. The molecule has 1 aliphatic carbocycles. The van der Waals surface area contributed by atoms with Crippen molar-refractivity contribution in [2.24, 2.45) is 5.84 Å². The molecule has 0 saturated carbocycles. The van der Waals surface area contributed by atoms with Crippen LogP contribution in [0, 0.1) is 0 Å². The Morgan fingerprint density at radius 3 is 1.69 bits per heavy atom. The van der Waals surface area contributed by atoms with Crippen molar-refractivity contribution in [3.8, 4) is 11.5 Å². The Kier molecular flexibility index (Phi) is 6.98. The Balaban J connectivity index is 1.39. The predicted molar refractivity (Wildman–Crippen MR) is 137 cm³/mol. The van der Waals surface area contributed by atoms with E-state index in [4.69, 9.17) is 20.1 Å². The lowest BCUT2D eigenvalue weighted by molar-refractivity contribution is -0.155. The standard InChI is InChI=1S/C30H28N2O4/c31-32-30(29(33)36-21-24-14-8-3-9-15-24)18-25-16-27(34-19-22-10-4-1-5-11-22)28(17-26(25)30)35-20-23-12-6-2-7-13-23/h1-17,32H,18-21,31H2/t30-/m1/s1. The molecule has 4 aromatic carbocycles. The lowest BCUT2D eigenvalue weighted by atomic mass is 9.70. The van der Waals surface area contributed by atoms with Crippen molar-refractivity contribution in [1.82, 2.24) is 5.43 Å². The zero-order valence-electron chi connectivity index (χ0n) is 19.9. The van der Waals surface area contributed by atoms with E-state index in [1.165, 1.54) is 0 Å². The molecule has 182 valence electrons. The van der Waals surface area contributed by atoms with Crippen LogP contribution >= 0.6 is 0 Å². The first kappa shape index (κ1) is 23.6. The van der Waals surface area contributed by atoms with E-state index in [0.717, 1.165) is 27.8 Å². The van der Waals surface area contributed by atoms with Crippen molar-refractivity contribution in [1.29, 1.82) is 0 Å². The molecule has 0 saturated heterocycles. The summed E-state index contributed by atoms with van der Waals surface area (Å²) in [6.45, 7) is 0.942. The molecule has 0 fully saturated rings. The molecule has 0 spiro atoms. The zero-order valence-corrected chi connectivity index (χ0v) is 19.9. The van der Waals surface area contributed by atoms with Gasteiger partial charge in [0, 0.05) is 6.42 Å². The largest absolute Gasteiger partial charge is 0.485 e. The first-order valence-corrected chi connectivity index (χ1v) is 11.9. The van der Waals surface area contributed by atoms with E-state index in [9.17, 15) is 4.79 Å². The van der Waals surface area contributed by atoms with Crippen LogP contribution < -0.4 is 20.7 Å². The van der Waals surface area contributed by atoms with Gasteiger partial charge >= 0.3 is 5.97 Å². The highest BCUT2D eigenvalue weighted by atomic mass is 16.5. The Labute approximate surface area is 210 Å². The van der Waals surface area contributed by atoms with Gasteiger partial charge in [-0.25, -0.2) is 10.2 Å². The molecule has 4 aromatic rings. The second-order valence-electron chi connectivity index (χ2n) is 8.79. The molecule has 0 amide bonds. The van der Waals surface area contributed by atoms with Gasteiger partial charge in [0.15, 0.2) is 17.0 Å². The van der Waals surface area contributed by atoms with Crippen LogP contribution in [0.3, 0.4) is 0 Å². The van der Waals surface area contributed by atoms with Gasteiger partial charge in [0.25, 0.3) is 0 Å². The fourth-order valence-electron chi connectivity index (χ4n) is 4.33. The Bertz CT molecular complexity index is 1310. The molecule has 0 aromatic heterocycles. The van der Waals surface area contributed by atoms with E-state index in [1.807, 2.05) is 103 Å². The summed E-state index contributed by atoms with van der Waals surface area (Å²) in [4.78, 5) is 13.2. The van der Waals surface area contributed by atoms with E-state index in [2.05, 4.69) is 5.43 Å². The molecule has 6 nitrogen and oxygen atoms in total. The van der Waals surface area contributed by atoms with Crippen LogP contribution in [0.1, 0.15) is 27.8 Å². The molecule has 0 aliphatic heterocycles. The monoisotopic (exact) mass is 480 g/mol. The van der Waals surface area contributed by atoms with Crippen molar-refractivity contribution in [3.63, 3.8) is 0 Å². The van der Waals surface area contributed by atoms with Crippen molar-refractivity contribution < 1.29 is 19.0 Å². The van der Waals surface area contributed by atoms with Crippen LogP contribution in [0.2, 0.25) is 0 Å². The number of ether oxygens (including phenoxy) is 3. The summed E-state index contributed by atoms with van der Waals surface area (Å²) in [5.41, 5.74) is 6.27. The number of hydrazine groups is 1. The minimum absolute atomic E-state index is 0.175. The maximum atomic E-state index is 13.2. The van der Waals surface area contributed by atoms with Gasteiger partial charge in [-0.3, -0.25) is 5.84 Å². The maximum absolute atomic E-state index is 13.2. The Morgan fingerprint density at radius 2 is 1.19 bits per heavy atom. The smallest absolute Gasteiger partial charge is 0.332 e. The molecular formula is C30H28N2O4. The quantitative estimate of drug-likeness (QED) is 0.193. The molecule has 0 unspecified atom stereocenters. The van der Waals surface area contributed by atoms with Gasteiger partial charge in [-0.05, 0) is 39.9 Å². The molecule has 0 radical (unpaired) electrons. The predicted octanol–water partition coefficient (Wildman–Crippen LogP) is 4.80. The third-order valence-corrected chi connectivity index (χ3v) is 6.37. The lowest BCUT2D eigenvalue weighted by Gasteiger charge is -2.41. The highest BCUT2D eigenvalue weighted by Crippen LogP contribution is 2.46. The summed E-state index contributed by atoms with van der Waals surface area (Å²) in [5.74, 6) is 6.66. The molecule has 1 atom stereocenters. The number of hydrogen-bond donors (Lipinski definition) is 2. The minimum atomic E-state index is -1.13. The van der Waals surface area contributed by atoms with Gasteiger partial charge < -0.3 is 14.2 Å². The first-order chi connectivity index (χ1) is 17.7. The number of carbonyl (C=O) groups is 1. The van der Waals surface area contributed by atoms with Gasteiger partial charge in [-0.2, -0.15) is 0 Å². The van der Waals surface area contributed by atoms with E-state index >= 15 is 0 Å². The average Bonchev–Trinajstić information content (AvgIpc) is 2.93. The zero-order chi connectivity index (χ0) is 24.8. The van der Waals surface area contributed by atoms with Crippen molar-refractivity contribution in [2.45, 2.75) is 31.8 Å². The van der Waals surface area contributed by atoms with Crippen molar-refractivity contribution in [2.75, 3.05) is 0 Å². The molecule has 5 rings (SSSR count). The highest BCUT2D eigenvalue weighted by Gasteiger charge is 2.51. The van der Waals surface area contributed by atoms with E-state index in [-0.39, 0.29) is 6.61 Å². The highest BCUT2D eigenvalue weighted by molar-refractivity contribution is 5.87. The van der Waals surface area contributed by atoms with Gasteiger partial charge in [0.05, 0.1) is 0 Å². The Hall–Kier alpha value is -4.13. The number of nitrogens with two attached hydrogens (primary N) is 1. The SMILES string of the molecule is NN[C@]1(C(=O)OCc2ccccc2)Cc2cc(OCc3ccccc3)c(OCc3ccccc3)cc21. The van der Waals surface area contributed by atoms with Crippen LogP contribution in [0.4, 0.5) is 0 Å². The normalized spacial score (nSPS) is 15.9. The molecule has 1 aliphatic rings. The first-order valence-electron chi connectivity index (χ1n) is 11.9. The summed E-state index contributed by atoms with van der Waals surface area (Å²) < 4.78 is 18.0. The summed E-state index contributed by atoms with van der Waals surface area (Å²) >= 11 is 0. The third kappa shape index (κ3) is 4.96. The van der Waals surface area contributed by atoms with Gasteiger partial charge in [-0.1, -0.05) is 91.0 Å². The van der Waals surface area contributed by atoms with Crippen LogP contribution in [-0.2, 0) is 41.3 Å². The van der Waals surface area contributed by atoms with Crippen molar-refractivity contribution >= 4 is 5.97 Å². The topological polar surface area (TPSA) is 82.8 Å². The molecule has 0 heterocycles. The molecular weight excluding hydrogens is 452 g/mol. The van der Waals surface area contributed by atoms with Gasteiger partial charge in [-0.15, -0.1) is 0 Å². The summed E-state index contributed by atoms with van der Waals surface area (Å²) in [6, 6.07) is 33.2. The number of fused-ring (bicyclic) bond motifs is 1. The van der Waals surface area contributed by atoms with Gasteiger partial charge in [0.2, 0.25) is 0 Å². The van der Waals surface area contributed by atoms with Crippen LogP contribution in [-0.4, -0.2) is 5.97 Å².